The highest BCUT2D eigenvalue weighted by Gasteiger charge is 2.37. The summed E-state index contributed by atoms with van der Waals surface area (Å²) in [5, 5.41) is 19.6. The molecule has 0 saturated carbocycles. The summed E-state index contributed by atoms with van der Waals surface area (Å²) < 4.78 is 0. The predicted octanol–water partition coefficient (Wildman–Crippen LogP) is 1.77. The van der Waals surface area contributed by atoms with Gasteiger partial charge in [-0.15, -0.1) is 0 Å². The van der Waals surface area contributed by atoms with Crippen LogP contribution in [0.2, 0.25) is 0 Å². The van der Waals surface area contributed by atoms with E-state index in [4.69, 9.17) is 5.26 Å². The van der Waals surface area contributed by atoms with Gasteiger partial charge in [-0.3, -0.25) is 0 Å². The van der Waals surface area contributed by atoms with Crippen LogP contribution in [0.15, 0.2) is 0 Å². The van der Waals surface area contributed by atoms with Crippen molar-refractivity contribution < 1.29 is 5.11 Å². The van der Waals surface area contributed by atoms with E-state index in [1.807, 2.05) is 0 Å². The molecule has 86 valence electrons. The minimum Gasteiger partial charge on any atom is -0.388 e. The molecule has 2 unspecified atom stereocenters. The number of likely N-dealkylation sites (tertiary alicyclic amines) is 1. The van der Waals surface area contributed by atoms with Crippen LogP contribution in [0.3, 0.4) is 0 Å². The van der Waals surface area contributed by atoms with Crippen molar-refractivity contribution in [1.29, 1.82) is 5.26 Å². The third-order valence-corrected chi connectivity index (χ3v) is 3.46. The zero-order valence-corrected chi connectivity index (χ0v) is 9.87. The van der Waals surface area contributed by atoms with Crippen molar-refractivity contribution in [3.8, 4) is 6.07 Å². The fraction of sp³-hybridized carbons (Fsp3) is 0.917. The summed E-state index contributed by atoms with van der Waals surface area (Å²) in [5.41, 5.74) is -0.741. The Morgan fingerprint density at radius 2 is 2.20 bits per heavy atom. The number of hydrogen-bond donors (Lipinski definition) is 1. The second kappa shape index (κ2) is 5.48. The monoisotopic (exact) mass is 210 g/mol. The highest BCUT2D eigenvalue weighted by Crippen LogP contribution is 2.32. The first-order chi connectivity index (χ1) is 7.12. The van der Waals surface area contributed by atoms with Gasteiger partial charge in [-0.2, -0.15) is 5.26 Å². The largest absolute Gasteiger partial charge is 0.388 e. The Morgan fingerprint density at radius 3 is 2.80 bits per heavy atom. The van der Waals surface area contributed by atoms with Gasteiger partial charge in [0.15, 0.2) is 0 Å². The molecule has 3 heteroatoms. The molecule has 3 nitrogen and oxygen atoms in total. The zero-order chi connectivity index (χ0) is 11.3. The lowest BCUT2D eigenvalue weighted by Crippen LogP contribution is -2.38. The van der Waals surface area contributed by atoms with Crippen LogP contribution < -0.4 is 0 Å². The smallest absolute Gasteiger partial charge is 0.0817 e. The maximum atomic E-state index is 10.5. The minimum absolute atomic E-state index is 0.186. The number of nitriles is 1. The van der Waals surface area contributed by atoms with Gasteiger partial charge in [-0.05, 0) is 39.3 Å². The van der Waals surface area contributed by atoms with Crippen molar-refractivity contribution in [3.05, 3.63) is 0 Å². The van der Waals surface area contributed by atoms with Crippen LogP contribution in [-0.2, 0) is 0 Å². The molecule has 1 fully saturated rings. The summed E-state index contributed by atoms with van der Waals surface area (Å²) >= 11 is 0. The number of rotatable bonds is 3. The fourth-order valence-electron chi connectivity index (χ4n) is 2.37. The van der Waals surface area contributed by atoms with Crippen molar-refractivity contribution in [2.24, 2.45) is 5.92 Å². The fourth-order valence-corrected chi connectivity index (χ4v) is 2.37. The first-order valence-corrected chi connectivity index (χ1v) is 5.93. The first kappa shape index (κ1) is 12.5. The normalized spacial score (nSPS) is 30.5. The van der Waals surface area contributed by atoms with Gasteiger partial charge in [0.2, 0.25) is 0 Å². The van der Waals surface area contributed by atoms with Crippen molar-refractivity contribution >= 4 is 0 Å². The van der Waals surface area contributed by atoms with Gasteiger partial charge in [0.25, 0.3) is 0 Å². The molecular formula is C12H22N2O. The molecule has 0 spiro atoms. The predicted molar refractivity (Wildman–Crippen MR) is 60.3 cm³/mol. The summed E-state index contributed by atoms with van der Waals surface area (Å²) in [7, 11) is 2.08. The highest BCUT2D eigenvalue weighted by atomic mass is 16.3. The van der Waals surface area contributed by atoms with Gasteiger partial charge in [-0.25, -0.2) is 0 Å². The minimum atomic E-state index is -0.741. The molecule has 1 rings (SSSR count). The first-order valence-electron chi connectivity index (χ1n) is 5.93. The van der Waals surface area contributed by atoms with Crippen LogP contribution >= 0.6 is 0 Å². The Balaban J connectivity index is 2.66. The number of nitrogens with zero attached hydrogens (tertiary/aromatic N) is 2. The van der Waals surface area contributed by atoms with Crippen molar-refractivity contribution in [1.82, 2.24) is 4.90 Å². The number of hydrogen-bond acceptors (Lipinski definition) is 3. The quantitative estimate of drug-likeness (QED) is 0.772. The molecule has 2 atom stereocenters. The Bertz CT molecular complexity index is 236. The standard InChI is InChI=1S/C12H22N2O/c1-3-5-11(10-13)12(15)6-4-8-14(2)9-7-12/h11,15H,3-9H2,1-2H3. The van der Waals surface area contributed by atoms with Gasteiger partial charge in [0, 0.05) is 6.54 Å². The second-order valence-corrected chi connectivity index (χ2v) is 4.73. The summed E-state index contributed by atoms with van der Waals surface area (Å²) in [5.74, 6) is -0.186. The number of aliphatic hydroxyl groups is 1. The maximum Gasteiger partial charge on any atom is 0.0817 e. The molecule has 0 aromatic carbocycles. The van der Waals surface area contributed by atoms with E-state index >= 15 is 0 Å². The molecule has 0 amide bonds. The van der Waals surface area contributed by atoms with Crippen LogP contribution in [0.5, 0.6) is 0 Å². The molecule has 1 saturated heterocycles. The van der Waals surface area contributed by atoms with Crippen LogP contribution in [0.25, 0.3) is 0 Å². The highest BCUT2D eigenvalue weighted by molar-refractivity contribution is 4.99. The van der Waals surface area contributed by atoms with Crippen LogP contribution in [0.1, 0.15) is 39.0 Å². The van der Waals surface area contributed by atoms with E-state index in [0.29, 0.717) is 0 Å². The lowest BCUT2D eigenvalue weighted by Gasteiger charge is -2.31. The molecule has 0 aromatic heterocycles. The molecule has 1 aliphatic rings. The molecule has 1 N–H and O–H groups in total. The Labute approximate surface area is 92.7 Å². The van der Waals surface area contributed by atoms with Gasteiger partial charge >= 0.3 is 0 Å². The molecule has 1 heterocycles. The molecular weight excluding hydrogens is 188 g/mol. The van der Waals surface area contributed by atoms with E-state index in [1.54, 1.807) is 0 Å². The van der Waals surface area contributed by atoms with Gasteiger partial charge in [-0.1, -0.05) is 13.3 Å². The topological polar surface area (TPSA) is 47.3 Å². The summed E-state index contributed by atoms with van der Waals surface area (Å²) in [6, 6.07) is 2.29. The molecule has 0 aromatic rings. The maximum absolute atomic E-state index is 10.5. The Kier molecular flexibility index (Phi) is 4.56. The SMILES string of the molecule is CCCC(C#N)C1(O)CCCN(C)CC1. The molecule has 1 aliphatic heterocycles. The van der Waals surface area contributed by atoms with Gasteiger partial charge < -0.3 is 10.0 Å². The average molecular weight is 210 g/mol. The lowest BCUT2D eigenvalue weighted by molar-refractivity contribution is -0.0137. The van der Waals surface area contributed by atoms with E-state index in [1.165, 1.54) is 0 Å². The van der Waals surface area contributed by atoms with Crippen LogP contribution in [-0.4, -0.2) is 35.7 Å². The van der Waals surface area contributed by atoms with Gasteiger partial charge in [0.1, 0.15) is 0 Å². The van der Waals surface area contributed by atoms with Crippen molar-refractivity contribution in [3.63, 3.8) is 0 Å². The summed E-state index contributed by atoms with van der Waals surface area (Å²) in [4.78, 5) is 2.23. The third-order valence-electron chi connectivity index (χ3n) is 3.46. The third kappa shape index (κ3) is 3.19. The van der Waals surface area contributed by atoms with E-state index in [2.05, 4.69) is 24.9 Å². The summed E-state index contributed by atoms with van der Waals surface area (Å²) in [6.07, 6.45) is 4.29. The lowest BCUT2D eigenvalue weighted by atomic mass is 9.80. The van der Waals surface area contributed by atoms with E-state index in [0.717, 1.165) is 45.2 Å². The van der Waals surface area contributed by atoms with Crippen molar-refractivity contribution in [2.75, 3.05) is 20.1 Å². The average Bonchev–Trinajstić information content (AvgIpc) is 2.38. The van der Waals surface area contributed by atoms with E-state index in [9.17, 15) is 5.11 Å². The van der Waals surface area contributed by atoms with Crippen molar-refractivity contribution in [2.45, 2.75) is 44.6 Å². The Hall–Kier alpha value is -0.590. The van der Waals surface area contributed by atoms with Gasteiger partial charge in [0.05, 0.1) is 17.6 Å². The zero-order valence-electron chi connectivity index (χ0n) is 9.87. The summed E-state index contributed by atoms with van der Waals surface area (Å²) in [6.45, 7) is 4.00. The van der Waals surface area contributed by atoms with Crippen LogP contribution in [0, 0.1) is 17.2 Å². The van der Waals surface area contributed by atoms with E-state index in [-0.39, 0.29) is 5.92 Å². The molecule has 0 radical (unpaired) electrons. The molecule has 0 bridgehead atoms. The second-order valence-electron chi connectivity index (χ2n) is 4.73. The molecule has 0 aliphatic carbocycles. The molecule has 15 heavy (non-hydrogen) atoms. The van der Waals surface area contributed by atoms with E-state index < -0.39 is 5.60 Å². The van der Waals surface area contributed by atoms with Crippen LogP contribution in [0.4, 0.5) is 0 Å². The Morgan fingerprint density at radius 1 is 1.47 bits per heavy atom.